The molecule has 0 saturated heterocycles. The predicted molar refractivity (Wildman–Crippen MR) is 136 cm³/mol. The van der Waals surface area contributed by atoms with Gasteiger partial charge in [0.25, 0.3) is 0 Å². The third-order valence-corrected chi connectivity index (χ3v) is 6.91. The first-order valence-corrected chi connectivity index (χ1v) is 12.4. The highest BCUT2D eigenvalue weighted by molar-refractivity contribution is 7.21. The summed E-state index contributed by atoms with van der Waals surface area (Å²) in [6.45, 7) is 6.94. The van der Waals surface area contributed by atoms with E-state index in [1.165, 1.54) is 5.56 Å². The highest BCUT2D eigenvalue weighted by Crippen LogP contribution is 2.31. The number of carboxylic acids is 1. The van der Waals surface area contributed by atoms with Crippen LogP contribution >= 0.6 is 11.3 Å². The number of carbonyl (C=O) groups is 2. The third kappa shape index (κ3) is 7.11. The molecular weight excluding hydrogens is 434 g/mol. The molecule has 0 radical (unpaired) electrons. The van der Waals surface area contributed by atoms with Crippen LogP contribution in [0.1, 0.15) is 51.5 Å². The van der Waals surface area contributed by atoms with Crippen LogP contribution in [0.15, 0.2) is 42.5 Å². The lowest BCUT2D eigenvalue weighted by molar-refractivity contribution is -0.141. The van der Waals surface area contributed by atoms with Crippen molar-refractivity contribution in [2.75, 3.05) is 11.9 Å². The number of benzene rings is 2. The number of unbranched alkanes of at least 4 members (excludes halogenated alkanes) is 1. The predicted octanol–water partition coefficient (Wildman–Crippen LogP) is 5.86. The third-order valence-electron chi connectivity index (χ3n) is 5.84. The van der Waals surface area contributed by atoms with Crippen LogP contribution in [0.25, 0.3) is 20.8 Å². The summed E-state index contributed by atoms with van der Waals surface area (Å²) in [6.07, 6.45) is 4.20. The molecule has 7 heteroatoms. The molecule has 1 aromatic heterocycles. The molecule has 2 atom stereocenters. The van der Waals surface area contributed by atoms with Crippen molar-refractivity contribution >= 4 is 39.1 Å². The minimum atomic E-state index is -1.00. The summed E-state index contributed by atoms with van der Waals surface area (Å²) in [6, 6.07) is 12.8. The number of hydrogen-bond donors (Lipinski definition) is 3. The Labute approximate surface area is 199 Å². The van der Waals surface area contributed by atoms with Gasteiger partial charge in [0.15, 0.2) is 0 Å². The first kappa shape index (κ1) is 24.9. The fourth-order valence-electron chi connectivity index (χ4n) is 3.75. The van der Waals surface area contributed by atoms with Gasteiger partial charge in [-0.2, -0.15) is 0 Å². The number of amides is 1. The summed E-state index contributed by atoms with van der Waals surface area (Å²) < 4.78 is 1.15. The Hall–Kier alpha value is -2.77. The molecule has 0 aliphatic carbocycles. The average molecular weight is 468 g/mol. The molecule has 0 spiro atoms. The van der Waals surface area contributed by atoms with Gasteiger partial charge in [0.1, 0.15) is 11.0 Å². The quantitative estimate of drug-likeness (QED) is 0.310. The van der Waals surface area contributed by atoms with E-state index in [2.05, 4.69) is 43.5 Å². The SMILES string of the molecule is CCCCC(CC)CNC(CC(=O)Nc1ccc(-c2nc3ccc(C)cc3s2)cc1)C(=O)O. The van der Waals surface area contributed by atoms with Crippen LogP contribution < -0.4 is 10.6 Å². The van der Waals surface area contributed by atoms with Crippen molar-refractivity contribution in [2.45, 2.75) is 58.9 Å². The van der Waals surface area contributed by atoms with E-state index in [-0.39, 0.29) is 12.3 Å². The average Bonchev–Trinajstić information content (AvgIpc) is 3.21. The van der Waals surface area contributed by atoms with Crippen molar-refractivity contribution in [3.05, 3.63) is 48.0 Å². The van der Waals surface area contributed by atoms with Crippen molar-refractivity contribution < 1.29 is 14.7 Å². The number of hydrogen-bond acceptors (Lipinski definition) is 5. The monoisotopic (exact) mass is 467 g/mol. The lowest BCUT2D eigenvalue weighted by atomic mass is 9.99. The minimum absolute atomic E-state index is 0.113. The van der Waals surface area contributed by atoms with Crippen molar-refractivity contribution in [1.82, 2.24) is 10.3 Å². The number of rotatable bonds is 12. The number of aromatic nitrogens is 1. The van der Waals surface area contributed by atoms with E-state index in [0.29, 0.717) is 18.2 Å². The first-order valence-electron chi connectivity index (χ1n) is 11.6. The van der Waals surface area contributed by atoms with Crippen LogP contribution in [0.2, 0.25) is 0 Å². The van der Waals surface area contributed by atoms with Gasteiger partial charge in [-0.1, -0.05) is 39.2 Å². The molecule has 3 N–H and O–H groups in total. The Morgan fingerprint density at radius 1 is 1.12 bits per heavy atom. The summed E-state index contributed by atoms with van der Waals surface area (Å²) in [5.41, 5.74) is 3.80. The smallest absolute Gasteiger partial charge is 0.321 e. The van der Waals surface area contributed by atoms with E-state index in [1.54, 1.807) is 11.3 Å². The molecule has 0 aliphatic heterocycles. The number of aliphatic carboxylic acids is 1. The van der Waals surface area contributed by atoms with E-state index in [1.807, 2.05) is 30.3 Å². The van der Waals surface area contributed by atoms with E-state index >= 15 is 0 Å². The second-order valence-electron chi connectivity index (χ2n) is 8.54. The van der Waals surface area contributed by atoms with Crippen molar-refractivity contribution in [2.24, 2.45) is 5.92 Å². The zero-order valence-electron chi connectivity index (χ0n) is 19.6. The summed E-state index contributed by atoms with van der Waals surface area (Å²) >= 11 is 1.64. The lowest BCUT2D eigenvalue weighted by Crippen LogP contribution is -2.41. The van der Waals surface area contributed by atoms with Gasteiger partial charge < -0.3 is 15.7 Å². The molecule has 0 bridgehead atoms. The van der Waals surface area contributed by atoms with E-state index < -0.39 is 12.0 Å². The molecule has 6 nitrogen and oxygen atoms in total. The first-order chi connectivity index (χ1) is 15.9. The molecule has 1 heterocycles. The van der Waals surface area contributed by atoms with Gasteiger partial charge in [-0.15, -0.1) is 11.3 Å². The molecule has 0 saturated carbocycles. The zero-order chi connectivity index (χ0) is 23.8. The van der Waals surface area contributed by atoms with Gasteiger partial charge in [0.2, 0.25) is 5.91 Å². The maximum Gasteiger partial charge on any atom is 0.321 e. The Kier molecular flexibility index (Phi) is 8.97. The van der Waals surface area contributed by atoms with Crippen molar-refractivity contribution in [1.29, 1.82) is 0 Å². The Morgan fingerprint density at radius 3 is 2.55 bits per heavy atom. The highest BCUT2D eigenvalue weighted by Gasteiger charge is 2.22. The Bertz CT molecular complexity index is 1080. The van der Waals surface area contributed by atoms with Crippen LogP contribution in [0, 0.1) is 12.8 Å². The normalized spacial score (nSPS) is 13.1. The summed E-state index contributed by atoms with van der Waals surface area (Å²) in [5, 5.41) is 16.4. The highest BCUT2D eigenvalue weighted by atomic mass is 32.1. The zero-order valence-corrected chi connectivity index (χ0v) is 20.4. The molecule has 33 heavy (non-hydrogen) atoms. The van der Waals surface area contributed by atoms with Gasteiger partial charge in [0, 0.05) is 11.3 Å². The maximum atomic E-state index is 12.5. The molecule has 0 fully saturated rings. The van der Waals surface area contributed by atoms with Crippen molar-refractivity contribution in [3.63, 3.8) is 0 Å². The summed E-state index contributed by atoms with van der Waals surface area (Å²) in [7, 11) is 0. The number of thiazole rings is 1. The van der Waals surface area contributed by atoms with Crippen LogP contribution in [-0.2, 0) is 9.59 Å². The molecule has 1 amide bonds. The molecular formula is C26H33N3O3S. The van der Waals surface area contributed by atoms with E-state index in [0.717, 1.165) is 46.5 Å². The molecule has 176 valence electrons. The minimum Gasteiger partial charge on any atom is -0.480 e. The molecule has 3 aromatic rings. The van der Waals surface area contributed by atoms with Gasteiger partial charge in [-0.05, 0) is 67.8 Å². The topological polar surface area (TPSA) is 91.3 Å². The van der Waals surface area contributed by atoms with Crippen molar-refractivity contribution in [3.8, 4) is 10.6 Å². The lowest BCUT2D eigenvalue weighted by Gasteiger charge is -2.19. The number of nitrogens with zero attached hydrogens (tertiary/aromatic N) is 1. The van der Waals surface area contributed by atoms with Crippen LogP contribution in [0.5, 0.6) is 0 Å². The number of fused-ring (bicyclic) bond motifs is 1. The van der Waals surface area contributed by atoms with Gasteiger partial charge in [-0.25, -0.2) is 4.98 Å². The summed E-state index contributed by atoms with van der Waals surface area (Å²) in [4.78, 5) is 28.8. The Morgan fingerprint density at radius 2 is 1.88 bits per heavy atom. The molecule has 2 unspecified atom stereocenters. The second-order valence-corrected chi connectivity index (χ2v) is 9.57. The summed E-state index contributed by atoms with van der Waals surface area (Å²) in [5.74, 6) is -0.898. The molecule has 3 rings (SSSR count). The van der Waals surface area contributed by atoms with Gasteiger partial charge >= 0.3 is 5.97 Å². The number of anilines is 1. The largest absolute Gasteiger partial charge is 0.480 e. The second kappa shape index (κ2) is 11.9. The van der Waals surface area contributed by atoms with Gasteiger partial charge in [-0.3, -0.25) is 9.59 Å². The number of carbonyl (C=O) groups excluding carboxylic acids is 1. The fourth-order valence-corrected chi connectivity index (χ4v) is 4.82. The molecule has 0 aliphatic rings. The van der Waals surface area contributed by atoms with Crippen LogP contribution in [0.3, 0.4) is 0 Å². The maximum absolute atomic E-state index is 12.5. The fraction of sp³-hybridized carbons (Fsp3) is 0.423. The number of carboxylic acid groups (broad SMARTS) is 1. The Balaban J connectivity index is 1.57. The van der Waals surface area contributed by atoms with Crippen LogP contribution in [0.4, 0.5) is 5.69 Å². The molecule has 2 aromatic carbocycles. The van der Waals surface area contributed by atoms with Crippen LogP contribution in [-0.4, -0.2) is 34.6 Å². The number of aryl methyl sites for hydroxylation is 1. The van der Waals surface area contributed by atoms with E-state index in [9.17, 15) is 14.7 Å². The number of nitrogens with one attached hydrogen (secondary N) is 2. The van der Waals surface area contributed by atoms with Gasteiger partial charge in [0.05, 0.1) is 16.6 Å². The standard InChI is InChI=1S/C26H33N3O3S/c1-4-6-7-18(5-2)16-27-22(26(31)32)15-24(30)28-20-11-9-19(10-12-20)25-29-21-13-8-17(3)14-23(21)33-25/h8-14,18,22,27H,4-7,15-16H2,1-3H3,(H,28,30)(H,31,32). The van der Waals surface area contributed by atoms with E-state index in [4.69, 9.17) is 4.98 Å².